The average molecular weight is 300 g/mol. The van der Waals surface area contributed by atoms with Crippen LogP contribution in [0.15, 0.2) is 54.6 Å². The maximum absolute atomic E-state index is 11.2. The molecular formula is C15H17ClN2NaO. The van der Waals surface area contributed by atoms with Gasteiger partial charge in [0.2, 0.25) is 0 Å². The summed E-state index contributed by atoms with van der Waals surface area (Å²) < 4.78 is 0. The molecule has 0 heterocycles. The molecule has 0 fully saturated rings. The van der Waals surface area contributed by atoms with Gasteiger partial charge in [0.15, 0.2) is 0 Å². The van der Waals surface area contributed by atoms with Gasteiger partial charge in [-0.1, -0.05) is 47.5 Å². The maximum Gasteiger partial charge on any atom is 0.267 e. The van der Waals surface area contributed by atoms with E-state index in [9.17, 15) is 4.79 Å². The van der Waals surface area contributed by atoms with Crippen molar-refractivity contribution in [2.75, 3.05) is 7.05 Å². The van der Waals surface area contributed by atoms with Crippen LogP contribution in [0.3, 0.4) is 0 Å². The van der Waals surface area contributed by atoms with Crippen molar-refractivity contribution >= 4 is 47.1 Å². The molecule has 0 aliphatic rings. The van der Waals surface area contributed by atoms with E-state index < -0.39 is 0 Å². The summed E-state index contributed by atoms with van der Waals surface area (Å²) in [6, 6.07) is 16.8. The van der Waals surface area contributed by atoms with E-state index in [2.05, 4.69) is 19.1 Å². The Kier molecular flexibility index (Phi) is 9.55. The standard InChI is InChI=1S/C8H9ClN2O.C7H8.Na/c1-11(10)8(12)6-2-4-7(9)5-3-6;1-7-5-3-2-4-6-7;/h2-5H,10H2,1H3;2-6H,1H3;. The van der Waals surface area contributed by atoms with Crippen molar-refractivity contribution in [2.24, 2.45) is 5.84 Å². The summed E-state index contributed by atoms with van der Waals surface area (Å²) in [6.45, 7) is 2.08. The number of aryl methyl sites for hydroxylation is 1. The SMILES string of the molecule is CN(N)C(=O)c1ccc(Cl)cc1.Cc1ccccc1.[Na]. The number of hydrazine groups is 1. The van der Waals surface area contributed by atoms with Crippen LogP contribution in [0.4, 0.5) is 0 Å². The second-order valence-corrected chi connectivity index (χ2v) is 4.51. The molecule has 0 atom stereocenters. The first-order valence-corrected chi connectivity index (χ1v) is 6.18. The zero-order valence-corrected chi connectivity index (χ0v) is 14.8. The van der Waals surface area contributed by atoms with Crippen molar-refractivity contribution in [3.63, 3.8) is 0 Å². The Morgan fingerprint density at radius 3 is 1.90 bits per heavy atom. The van der Waals surface area contributed by atoms with Crippen molar-refractivity contribution < 1.29 is 4.79 Å². The number of carbonyl (C=O) groups excluding carboxylic acids is 1. The Morgan fingerprint density at radius 2 is 1.55 bits per heavy atom. The van der Waals surface area contributed by atoms with Crippen LogP contribution in [0.5, 0.6) is 0 Å². The predicted octanol–water partition coefficient (Wildman–Crippen LogP) is 2.90. The van der Waals surface area contributed by atoms with Crippen LogP contribution < -0.4 is 5.84 Å². The fraction of sp³-hybridized carbons (Fsp3) is 0.133. The molecule has 0 spiro atoms. The Labute approximate surface area is 147 Å². The molecule has 0 saturated heterocycles. The van der Waals surface area contributed by atoms with Gasteiger partial charge in [0, 0.05) is 47.2 Å². The fourth-order valence-electron chi connectivity index (χ4n) is 1.33. The van der Waals surface area contributed by atoms with Gasteiger partial charge >= 0.3 is 0 Å². The third kappa shape index (κ3) is 7.08. The average Bonchev–Trinajstić information content (AvgIpc) is 2.40. The van der Waals surface area contributed by atoms with Crippen LogP contribution >= 0.6 is 11.6 Å². The molecule has 3 nitrogen and oxygen atoms in total. The second kappa shape index (κ2) is 9.97. The van der Waals surface area contributed by atoms with Gasteiger partial charge in [-0.25, -0.2) is 5.84 Å². The van der Waals surface area contributed by atoms with Crippen LogP contribution in [-0.4, -0.2) is 47.5 Å². The van der Waals surface area contributed by atoms with Crippen molar-refractivity contribution in [1.29, 1.82) is 0 Å². The molecule has 0 aliphatic heterocycles. The molecule has 5 heteroatoms. The van der Waals surface area contributed by atoms with Gasteiger partial charge in [-0.05, 0) is 31.2 Å². The minimum absolute atomic E-state index is 0. The van der Waals surface area contributed by atoms with E-state index in [4.69, 9.17) is 17.4 Å². The zero-order chi connectivity index (χ0) is 14.3. The van der Waals surface area contributed by atoms with E-state index in [1.807, 2.05) is 18.2 Å². The van der Waals surface area contributed by atoms with Crippen LogP contribution in [-0.2, 0) is 0 Å². The van der Waals surface area contributed by atoms with Gasteiger partial charge < -0.3 is 0 Å². The monoisotopic (exact) mass is 299 g/mol. The smallest absolute Gasteiger partial charge is 0.267 e. The van der Waals surface area contributed by atoms with Crippen LogP contribution in [0.1, 0.15) is 15.9 Å². The van der Waals surface area contributed by atoms with Gasteiger partial charge in [0.25, 0.3) is 5.91 Å². The first kappa shape index (κ1) is 19.2. The molecule has 2 N–H and O–H groups in total. The van der Waals surface area contributed by atoms with Gasteiger partial charge in [0.1, 0.15) is 0 Å². The van der Waals surface area contributed by atoms with Gasteiger partial charge in [-0.3, -0.25) is 9.80 Å². The Morgan fingerprint density at radius 1 is 1.05 bits per heavy atom. The molecule has 0 unspecified atom stereocenters. The van der Waals surface area contributed by atoms with Crippen LogP contribution in [0.2, 0.25) is 5.02 Å². The van der Waals surface area contributed by atoms with E-state index >= 15 is 0 Å². The van der Waals surface area contributed by atoms with Gasteiger partial charge in [0.05, 0.1) is 0 Å². The first-order chi connectivity index (χ1) is 9.00. The third-order valence-corrected chi connectivity index (χ3v) is 2.60. The van der Waals surface area contributed by atoms with Crippen molar-refractivity contribution in [1.82, 2.24) is 5.01 Å². The summed E-state index contributed by atoms with van der Waals surface area (Å²) in [5.74, 6) is 5.03. The van der Waals surface area contributed by atoms with E-state index in [-0.39, 0.29) is 35.5 Å². The summed E-state index contributed by atoms with van der Waals surface area (Å²) in [6.07, 6.45) is 0. The molecule has 0 aromatic heterocycles. The molecule has 2 rings (SSSR count). The number of amides is 1. The second-order valence-electron chi connectivity index (χ2n) is 4.08. The molecule has 2 aromatic carbocycles. The number of benzene rings is 2. The number of hydrogen-bond acceptors (Lipinski definition) is 2. The number of rotatable bonds is 1. The molecular weight excluding hydrogens is 283 g/mol. The number of carbonyl (C=O) groups is 1. The van der Waals surface area contributed by atoms with Crippen LogP contribution in [0, 0.1) is 6.92 Å². The van der Waals surface area contributed by atoms with Gasteiger partial charge in [-0.2, -0.15) is 0 Å². The maximum atomic E-state index is 11.2. The van der Waals surface area contributed by atoms with Crippen molar-refractivity contribution in [2.45, 2.75) is 6.92 Å². The molecule has 0 saturated carbocycles. The number of halogens is 1. The zero-order valence-electron chi connectivity index (χ0n) is 12.0. The largest absolute Gasteiger partial charge is 0.280 e. The minimum atomic E-state index is -0.230. The Bertz CT molecular complexity index is 515. The first-order valence-electron chi connectivity index (χ1n) is 5.80. The van der Waals surface area contributed by atoms with Crippen LogP contribution in [0.25, 0.3) is 0 Å². The summed E-state index contributed by atoms with van der Waals surface area (Å²) >= 11 is 5.64. The van der Waals surface area contributed by atoms with Gasteiger partial charge in [-0.15, -0.1) is 0 Å². The number of hydrogen-bond donors (Lipinski definition) is 1. The van der Waals surface area contributed by atoms with E-state index in [1.165, 1.54) is 12.6 Å². The normalized spacial score (nSPS) is 8.80. The van der Waals surface area contributed by atoms with Crippen molar-refractivity contribution in [3.05, 3.63) is 70.7 Å². The summed E-state index contributed by atoms with van der Waals surface area (Å²) in [4.78, 5) is 11.2. The minimum Gasteiger partial charge on any atom is -0.280 e. The Hall–Kier alpha value is -0.840. The summed E-state index contributed by atoms with van der Waals surface area (Å²) in [5, 5.41) is 1.63. The quantitative estimate of drug-likeness (QED) is 0.381. The summed E-state index contributed by atoms with van der Waals surface area (Å²) in [5.41, 5.74) is 1.85. The van der Waals surface area contributed by atoms with E-state index in [0.29, 0.717) is 10.6 Å². The number of nitrogens with zero attached hydrogens (tertiary/aromatic N) is 1. The molecule has 101 valence electrons. The van der Waals surface area contributed by atoms with Crippen molar-refractivity contribution in [3.8, 4) is 0 Å². The number of nitrogens with two attached hydrogens (primary N) is 1. The molecule has 1 amide bonds. The summed E-state index contributed by atoms with van der Waals surface area (Å²) in [7, 11) is 1.50. The molecule has 0 bridgehead atoms. The molecule has 2 aromatic rings. The van der Waals surface area contributed by atoms with E-state index in [0.717, 1.165) is 5.01 Å². The van der Waals surface area contributed by atoms with E-state index in [1.54, 1.807) is 24.3 Å². The molecule has 1 radical (unpaired) electrons. The molecule has 0 aliphatic carbocycles. The fourth-order valence-corrected chi connectivity index (χ4v) is 1.46. The Balaban J connectivity index is 0.000000387. The third-order valence-electron chi connectivity index (χ3n) is 2.35. The predicted molar refractivity (Wildman–Crippen MR) is 84.7 cm³/mol. The topological polar surface area (TPSA) is 46.3 Å². The molecule has 20 heavy (non-hydrogen) atoms.